The van der Waals surface area contributed by atoms with Crippen LogP contribution in [0.3, 0.4) is 0 Å². The number of rotatable bonds is 2. The lowest BCUT2D eigenvalue weighted by atomic mass is 10.1. The molecule has 0 fully saturated rings. The first kappa shape index (κ1) is 15.3. The van der Waals surface area contributed by atoms with Crippen molar-refractivity contribution in [3.63, 3.8) is 0 Å². The number of Topliss-reactive ketones (excluding diaryl/α,β-unsaturated/α-hetero) is 1. The van der Waals surface area contributed by atoms with Crippen LogP contribution in [0, 0.1) is 0 Å². The van der Waals surface area contributed by atoms with Gasteiger partial charge < -0.3 is 4.57 Å². The van der Waals surface area contributed by atoms with Gasteiger partial charge in [0.2, 0.25) is 10.0 Å². The van der Waals surface area contributed by atoms with Crippen molar-refractivity contribution < 1.29 is 13.2 Å². The molecule has 0 atom stereocenters. The lowest BCUT2D eigenvalue weighted by molar-refractivity contribution is 0.102. The average molecular weight is 346 g/mol. The highest BCUT2D eigenvalue weighted by Crippen LogP contribution is 2.30. The third-order valence-corrected chi connectivity index (χ3v) is 6.22. The molecule has 0 amide bonds. The third kappa shape index (κ3) is 2.50. The number of aromatic nitrogens is 3. The monoisotopic (exact) mass is 346 g/mol. The second-order valence-electron chi connectivity index (χ2n) is 6.20. The van der Waals surface area contributed by atoms with Gasteiger partial charge in [-0.3, -0.25) is 9.10 Å². The van der Waals surface area contributed by atoms with Crippen molar-refractivity contribution in [1.82, 2.24) is 14.8 Å². The number of carbonyl (C=O) groups is 1. The van der Waals surface area contributed by atoms with E-state index in [1.807, 2.05) is 4.57 Å². The van der Waals surface area contributed by atoms with Crippen molar-refractivity contribution in [1.29, 1.82) is 0 Å². The molecule has 0 saturated carbocycles. The van der Waals surface area contributed by atoms with E-state index >= 15 is 0 Å². The van der Waals surface area contributed by atoms with Gasteiger partial charge in [0.25, 0.3) is 0 Å². The van der Waals surface area contributed by atoms with Crippen LogP contribution in [-0.2, 0) is 29.5 Å². The highest BCUT2D eigenvalue weighted by Gasteiger charge is 2.35. The van der Waals surface area contributed by atoms with Gasteiger partial charge in [-0.1, -0.05) is 18.6 Å². The van der Waals surface area contributed by atoms with E-state index in [1.165, 1.54) is 4.31 Å². The van der Waals surface area contributed by atoms with E-state index in [1.54, 1.807) is 24.3 Å². The number of benzene rings is 1. The standard InChI is InChI=1S/C16H18N4O3S/c21-14-11-24(22,23)20(13-7-4-3-6-12(13)14)10-16-18-17-15-8-2-1-5-9-19(15)16/h3-4,6-7H,1-2,5,8-11H2. The first-order chi connectivity index (χ1) is 11.6. The summed E-state index contributed by atoms with van der Waals surface area (Å²) in [5, 5.41) is 8.44. The first-order valence-electron chi connectivity index (χ1n) is 8.10. The molecule has 2 aliphatic heterocycles. The zero-order valence-electron chi connectivity index (χ0n) is 13.2. The molecule has 0 N–H and O–H groups in total. The molecule has 0 bridgehead atoms. The summed E-state index contributed by atoms with van der Waals surface area (Å²) >= 11 is 0. The Balaban J connectivity index is 1.75. The summed E-state index contributed by atoms with van der Waals surface area (Å²) in [6, 6.07) is 6.83. The van der Waals surface area contributed by atoms with Gasteiger partial charge in [0, 0.05) is 18.5 Å². The van der Waals surface area contributed by atoms with Gasteiger partial charge >= 0.3 is 0 Å². The fourth-order valence-electron chi connectivity index (χ4n) is 3.37. The van der Waals surface area contributed by atoms with Crippen LogP contribution in [0.5, 0.6) is 0 Å². The molecule has 0 spiro atoms. The van der Waals surface area contributed by atoms with E-state index in [2.05, 4.69) is 10.2 Å². The summed E-state index contributed by atoms with van der Waals surface area (Å²) in [4.78, 5) is 12.1. The number of fused-ring (bicyclic) bond motifs is 2. The van der Waals surface area contributed by atoms with Crippen LogP contribution in [0.15, 0.2) is 24.3 Å². The van der Waals surface area contributed by atoms with Gasteiger partial charge in [-0.25, -0.2) is 8.42 Å². The summed E-state index contributed by atoms with van der Waals surface area (Å²) in [6.07, 6.45) is 4.13. The molecule has 4 rings (SSSR count). The van der Waals surface area contributed by atoms with Crippen molar-refractivity contribution in [3.8, 4) is 0 Å². The van der Waals surface area contributed by atoms with Crippen LogP contribution in [-0.4, -0.2) is 34.7 Å². The van der Waals surface area contributed by atoms with E-state index < -0.39 is 15.8 Å². The van der Waals surface area contributed by atoms with Gasteiger partial charge in [-0.05, 0) is 25.0 Å². The molecule has 2 aliphatic rings. The predicted octanol–water partition coefficient (Wildman–Crippen LogP) is 1.54. The smallest absolute Gasteiger partial charge is 0.243 e. The maximum Gasteiger partial charge on any atom is 0.243 e. The van der Waals surface area contributed by atoms with Crippen LogP contribution in [0.25, 0.3) is 0 Å². The lowest BCUT2D eigenvalue weighted by Crippen LogP contribution is -2.40. The van der Waals surface area contributed by atoms with E-state index in [0.717, 1.165) is 38.1 Å². The maximum absolute atomic E-state index is 12.6. The van der Waals surface area contributed by atoms with Gasteiger partial charge in [0.1, 0.15) is 11.6 Å². The van der Waals surface area contributed by atoms with E-state index in [4.69, 9.17) is 0 Å². The zero-order chi connectivity index (χ0) is 16.7. The molecule has 126 valence electrons. The fourth-order valence-corrected chi connectivity index (χ4v) is 4.79. The fraction of sp³-hybridized carbons (Fsp3) is 0.438. The highest BCUT2D eigenvalue weighted by atomic mass is 32.2. The molecule has 0 aliphatic carbocycles. The number of anilines is 1. The summed E-state index contributed by atoms with van der Waals surface area (Å²) in [7, 11) is -3.70. The Kier molecular flexibility index (Phi) is 3.64. The van der Waals surface area contributed by atoms with E-state index in [0.29, 0.717) is 17.1 Å². The molecule has 1 aromatic carbocycles. The normalized spacial score (nSPS) is 19.5. The largest absolute Gasteiger partial charge is 0.313 e. The Morgan fingerprint density at radius 1 is 1.08 bits per heavy atom. The summed E-state index contributed by atoms with van der Waals surface area (Å²) in [6.45, 7) is 0.922. The van der Waals surface area contributed by atoms with Gasteiger partial charge in [-0.2, -0.15) is 0 Å². The maximum atomic E-state index is 12.6. The van der Waals surface area contributed by atoms with Gasteiger partial charge in [0.15, 0.2) is 11.6 Å². The Labute approximate surface area is 140 Å². The Bertz CT molecular complexity index is 904. The topological polar surface area (TPSA) is 85.2 Å². The van der Waals surface area contributed by atoms with Crippen LogP contribution >= 0.6 is 0 Å². The van der Waals surface area contributed by atoms with Crippen LogP contribution in [0.2, 0.25) is 0 Å². The molecular formula is C16H18N4O3S. The zero-order valence-corrected chi connectivity index (χ0v) is 14.0. The van der Waals surface area contributed by atoms with Crippen molar-refractivity contribution >= 4 is 21.5 Å². The number of hydrogen-bond acceptors (Lipinski definition) is 5. The number of aryl methyl sites for hydroxylation is 1. The van der Waals surface area contributed by atoms with E-state index in [-0.39, 0.29) is 12.3 Å². The molecular weight excluding hydrogens is 328 g/mol. The van der Waals surface area contributed by atoms with Crippen LogP contribution < -0.4 is 4.31 Å². The molecule has 1 aromatic heterocycles. The van der Waals surface area contributed by atoms with Crippen molar-refractivity contribution in [2.75, 3.05) is 10.1 Å². The highest BCUT2D eigenvalue weighted by molar-refractivity contribution is 7.93. The minimum absolute atomic E-state index is 0.111. The van der Waals surface area contributed by atoms with Crippen molar-refractivity contribution in [2.45, 2.75) is 38.8 Å². The molecule has 0 unspecified atom stereocenters. The molecule has 7 nitrogen and oxygen atoms in total. The molecule has 3 heterocycles. The molecule has 8 heteroatoms. The molecule has 2 aromatic rings. The van der Waals surface area contributed by atoms with Crippen molar-refractivity contribution in [2.24, 2.45) is 0 Å². The average Bonchev–Trinajstić information content (AvgIpc) is 2.77. The number of nitrogens with zero attached hydrogens (tertiary/aromatic N) is 4. The molecule has 0 radical (unpaired) electrons. The Morgan fingerprint density at radius 3 is 2.79 bits per heavy atom. The minimum atomic E-state index is -3.70. The predicted molar refractivity (Wildman–Crippen MR) is 88.3 cm³/mol. The number of carbonyl (C=O) groups excluding carboxylic acids is 1. The number of hydrogen-bond donors (Lipinski definition) is 0. The second kappa shape index (κ2) is 5.70. The van der Waals surface area contributed by atoms with Gasteiger partial charge in [-0.15, -0.1) is 10.2 Å². The Hall–Kier alpha value is -2.22. The van der Waals surface area contributed by atoms with Crippen LogP contribution in [0.4, 0.5) is 5.69 Å². The molecule has 0 saturated heterocycles. The summed E-state index contributed by atoms with van der Waals surface area (Å²) in [5.41, 5.74) is 0.877. The minimum Gasteiger partial charge on any atom is -0.313 e. The number of para-hydroxylation sites is 1. The summed E-state index contributed by atoms with van der Waals surface area (Å²) in [5.74, 6) is 0.702. The van der Waals surface area contributed by atoms with Crippen molar-refractivity contribution in [3.05, 3.63) is 41.5 Å². The quantitative estimate of drug-likeness (QED) is 0.823. The SMILES string of the molecule is O=C1CS(=O)(=O)N(Cc2nnc3n2CCCCC3)c2ccccc21. The molecule has 24 heavy (non-hydrogen) atoms. The summed E-state index contributed by atoms with van der Waals surface area (Å²) < 4.78 is 28.5. The van der Waals surface area contributed by atoms with E-state index in [9.17, 15) is 13.2 Å². The van der Waals surface area contributed by atoms with Gasteiger partial charge in [0.05, 0.1) is 12.2 Å². The van der Waals surface area contributed by atoms with Crippen LogP contribution in [0.1, 0.15) is 41.3 Å². The lowest BCUT2D eigenvalue weighted by Gasteiger charge is -2.29. The Morgan fingerprint density at radius 2 is 1.92 bits per heavy atom. The number of ketones is 1. The third-order valence-electron chi connectivity index (χ3n) is 4.59. The number of sulfonamides is 1. The second-order valence-corrected chi connectivity index (χ2v) is 8.09. The first-order valence-corrected chi connectivity index (χ1v) is 9.71.